The molecule has 1 aromatic heterocycles. The van der Waals surface area contributed by atoms with E-state index in [4.69, 9.17) is 0 Å². The average molecular weight is 335 g/mol. The van der Waals surface area contributed by atoms with Crippen LogP contribution in [0.5, 0.6) is 0 Å². The molecule has 0 fully saturated rings. The van der Waals surface area contributed by atoms with Crippen LogP contribution in [0.2, 0.25) is 0 Å². The lowest BCUT2D eigenvalue weighted by atomic mass is 10.2. The Hall–Kier alpha value is -0.570. The Morgan fingerprint density at radius 1 is 1.48 bits per heavy atom. The van der Waals surface area contributed by atoms with Crippen LogP contribution in [0.4, 0.5) is 0 Å². The molecule has 122 valence electrons. The van der Waals surface area contributed by atoms with Crippen molar-refractivity contribution in [2.75, 3.05) is 31.6 Å². The Bertz CT molecular complexity index is 502. The van der Waals surface area contributed by atoms with E-state index in [-0.39, 0.29) is 4.90 Å². The van der Waals surface area contributed by atoms with Gasteiger partial charge in [-0.3, -0.25) is 4.68 Å². The summed E-state index contributed by atoms with van der Waals surface area (Å²) in [6.07, 6.45) is 5.94. The Labute approximate surface area is 132 Å². The SMILES string of the molecule is CCNCCCn1cc(S(=O)(=O)NCC(C)CSC)cn1. The Morgan fingerprint density at radius 3 is 2.90 bits per heavy atom. The average Bonchev–Trinajstić information content (AvgIpc) is 2.92. The van der Waals surface area contributed by atoms with Gasteiger partial charge in [-0.05, 0) is 37.4 Å². The molecule has 21 heavy (non-hydrogen) atoms. The van der Waals surface area contributed by atoms with E-state index in [1.54, 1.807) is 22.6 Å². The molecule has 2 N–H and O–H groups in total. The normalized spacial score (nSPS) is 13.5. The number of nitrogens with zero attached hydrogens (tertiary/aromatic N) is 2. The summed E-state index contributed by atoms with van der Waals surface area (Å²) in [5, 5.41) is 7.34. The van der Waals surface area contributed by atoms with Gasteiger partial charge >= 0.3 is 0 Å². The third-order valence-corrected chi connectivity index (χ3v) is 5.26. The number of thioether (sulfide) groups is 1. The molecule has 0 spiro atoms. The van der Waals surface area contributed by atoms with Crippen LogP contribution >= 0.6 is 11.8 Å². The van der Waals surface area contributed by atoms with Crippen LogP contribution in [0.3, 0.4) is 0 Å². The molecule has 0 bridgehead atoms. The second kappa shape index (κ2) is 9.45. The van der Waals surface area contributed by atoms with Crippen LogP contribution in [0.15, 0.2) is 17.3 Å². The van der Waals surface area contributed by atoms with Crippen molar-refractivity contribution in [2.45, 2.75) is 31.7 Å². The van der Waals surface area contributed by atoms with Crippen LogP contribution < -0.4 is 10.0 Å². The lowest BCUT2D eigenvalue weighted by Crippen LogP contribution is -2.29. The first-order valence-corrected chi connectivity index (χ1v) is 10.1. The number of sulfonamides is 1. The zero-order valence-electron chi connectivity index (χ0n) is 13.0. The van der Waals surface area contributed by atoms with Gasteiger partial charge in [-0.25, -0.2) is 13.1 Å². The van der Waals surface area contributed by atoms with E-state index >= 15 is 0 Å². The monoisotopic (exact) mass is 334 g/mol. The van der Waals surface area contributed by atoms with Gasteiger partial charge < -0.3 is 5.32 Å². The first-order valence-electron chi connectivity index (χ1n) is 7.21. The van der Waals surface area contributed by atoms with Crippen molar-refractivity contribution in [3.05, 3.63) is 12.4 Å². The summed E-state index contributed by atoms with van der Waals surface area (Å²) in [6.45, 7) is 7.10. The molecule has 8 heteroatoms. The molecule has 1 aromatic rings. The molecule has 0 radical (unpaired) electrons. The zero-order valence-corrected chi connectivity index (χ0v) is 14.6. The molecule has 0 aliphatic rings. The first-order chi connectivity index (χ1) is 9.99. The molecular weight excluding hydrogens is 308 g/mol. The quantitative estimate of drug-likeness (QED) is 0.594. The largest absolute Gasteiger partial charge is 0.317 e. The molecule has 0 amide bonds. The maximum absolute atomic E-state index is 12.1. The molecular formula is C13H26N4O2S2. The maximum atomic E-state index is 12.1. The van der Waals surface area contributed by atoms with Crippen molar-refractivity contribution in [1.82, 2.24) is 19.8 Å². The molecule has 0 aliphatic carbocycles. The standard InChI is InChI=1S/C13H26N4O2S2/c1-4-14-6-5-7-17-10-13(9-15-17)21(18,19)16-8-12(2)11-20-3/h9-10,12,14,16H,4-8,11H2,1-3H3. The van der Waals surface area contributed by atoms with Gasteiger partial charge in [-0.1, -0.05) is 13.8 Å². The lowest BCUT2D eigenvalue weighted by molar-refractivity contribution is 0.548. The van der Waals surface area contributed by atoms with E-state index in [2.05, 4.69) is 22.1 Å². The fourth-order valence-electron chi connectivity index (χ4n) is 1.83. The summed E-state index contributed by atoms with van der Waals surface area (Å²) in [7, 11) is -3.45. The van der Waals surface area contributed by atoms with Gasteiger partial charge in [0.1, 0.15) is 4.90 Å². The lowest BCUT2D eigenvalue weighted by Gasteiger charge is -2.10. The predicted octanol–water partition coefficient (Wildman–Crippen LogP) is 1.16. The van der Waals surface area contributed by atoms with Crippen molar-refractivity contribution in [3.63, 3.8) is 0 Å². The summed E-state index contributed by atoms with van der Waals surface area (Å²) in [4.78, 5) is 0.238. The molecule has 0 saturated heterocycles. The van der Waals surface area contributed by atoms with Crippen LogP contribution in [0, 0.1) is 5.92 Å². The Kier molecular flexibility index (Phi) is 8.31. The second-order valence-electron chi connectivity index (χ2n) is 5.06. The van der Waals surface area contributed by atoms with Gasteiger partial charge in [-0.2, -0.15) is 16.9 Å². The van der Waals surface area contributed by atoms with E-state index in [9.17, 15) is 8.42 Å². The van der Waals surface area contributed by atoms with Crippen molar-refractivity contribution in [1.29, 1.82) is 0 Å². The summed E-state index contributed by atoms with van der Waals surface area (Å²) in [6, 6.07) is 0. The topological polar surface area (TPSA) is 76.0 Å². The highest BCUT2D eigenvalue weighted by atomic mass is 32.2. The number of hydrogen-bond donors (Lipinski definition) is 2. The van der Waals surface area contributed by atoms with Crippen molar-refractivity contribution in [2.24, 2.45) is 5.92 Å². The van der Waals surface area contributed by atoms with Crippen molar-refractivity contribution >= 4 is 21.8 Å². The fraction of sp³-hybridized carbons (Fsp3) is 0.769. The van der Waals surface area contributed by atoms with Gasteiger partial charge in [0, 0.05) is 19.3 Å². The molecule has 1 unspecified atom stereocenters. The van der Waals surface area contributed by atoms with E-state index in [1.807, 2.05) is 13.2 Å². The van der Waals surface area contributed by atoms with Gasteiger partial charge in [0.15, 0.2) is 0 Å². The maximum Gasteiger partial charge on any atom is 0.243 e. The summed E-state index contributed by atoms with van der Waals surface area (Å²) in [5.41, 5.74) is 0. The Morgan fingerprint density at radius 2 is 2.24 bits per heavy atom. The highest BCUT2D eigenvalue weighted by molar-refractivity contribution is 7.98. The van der Waals surface area contributed by atoms with E-state index in [1.165, 1.54) is 6.20 Å². The highest BCUT2D eigenvalue weighted by Crippen LogP contribution is 2.09. The fourth-order valence-corrected chi connectivity index (χ4v) is 3.63. The van der Waals surface area contributed by atoms with Crippen molar-refractivity contribution < 1.29 is 8.42 Å². The molecule has 1 atom stereocenters. The number of aromatic nitrogens is 2. The smallest absolute Gasteiger partial charge is 0.243 e. The van der Waals surface area contributed by atoms with Gasteiger partial charge in [0.05, 0.1) is 6.20 Å². The van der Waals surface area contributed by atoms with E-state index in [0.717, 1.165) is 25.3 Å². The minimum Gasteiger partial charge on any atom is -0.317 e. The molecule has 0 saturated carbocycles. The van der Waals surface area contributed by atoms with Crippen LogP contribution in [0.1, 0.15) is 20.3 Å². The number of nitrogens with one attached hydrogen (secondary N) is 2. The van der Waals surface area contributed by atoms with E-state index in [0.29, 0.717) is 19.0 Å². The van der Waals surface area contributed by atoms with Crippen molar-refractivity contribution in [3.8, 4) is 0 Å². The summed E-state index contributed by atoms with van der Waals surface area (Å²) >= 11 is 1.72. The second-order valence-corrected chi connectivity index (χ2v) is 7.74. The highest BCUT2D eigenvalue weighted by Gasteiger charge is 2.17. The summed E-state index contributed by atoms with van der Waals surface area (Å²) in [5.74, 6) is 1.25. The molecule has 6 nitrogen and oxygen atoms in total. The molecule has 1 heterocycles. The van der Waals surface area contributed by atoms with Gasteiger partial charge in [0.2, 0.25) is 10.0 Å². The number of rotatable bonds is 11. The minimum absolute atomic E-state index is 0.238. The first kappa shape index (κ1) is 18.5. The molecule has 0 aromatic carbocycles. The van der Waals surface area contributed by atoms with Gasteiger partial charge in [-0.15, -0.1) is 0 Å². The number of hydrogen-bond acceptors (Lipinski definition) is 5. The Balaban J connectivity index is 2.49. The van der Waals surface area contributed by atoms with Crippen LogP contribution in [-0.4, -0.2) is 49.8 Å². The van der Waals surface area contributed by atoms with E-state index < -0.39 is 10.0 Å². The predicted molar refractivity (Wildman–Crippen MR) is 88.1 cm³/mol. The number of aryl methyl sites for hydroxylation is 1. The zero-order chi connectivity index (χ0) is 15.7. The van der Waals surface area contributed by atoms with Crippen LogP contribution in [0.25, 0.3) is 0 Å². The van der Waals surface area contributed by atoms with Gasteiger partial charge in [0.25, 0.3) is 0 Å². The molecule has 0 aliphatic heterocycles. The third-order valence-electron chi connectivity index (χ3n) is 2.98. The molecule has 1 rings (SSSR count). The summed E-state index contributed by atoms with van der Waals surface area (Å²) < 4.78 is 28.6. The van der Waals surface area contributed by atoms with Crippen LogP contribution in [-0.2, 0) is 16.6 Å². The minimum atomic E-state index is -3.45. The third kappa shape index (κ3) is 6.82.